The van der Waals surface area contributed by atoms with Gasteiger partial charge in [0.1, 0.15) is 0 Å². The van der Waals surface area contributed by atoms with Crippen LogP contribution in [0.5, 0.6) is 0 Å². The number of rotatable bonds is 3. The molecule has 2 amide bonds. The van der Waals surface area contributed by atoms with Crippen molar-refractivity contribution >= 4 is 24.6 Å². The molecule has 2 heterocycles. The topological polar surface area (TPSA) is 85.9 Å². The van der Waals surface area contributed by atoms with Gasteiger partial charge in [-0.2, -0.15) is 0 Å². The smallest absolute Gasteiger partial charge is 0.453 e. The number of hydrogen-bond donors (Lipinski definition) is 2. The van der Waals surface area contributed by atoms with Crippen LogP contribution in [0.25, 0.3) is 0 Å². The van der Waals surface area contributed by atoms with Gasteiger partial charge in [0.15, 0.2) is 0 Å². The normalized spacial score (nSPS) is 23.2. The summed E-state index contributed by atoms with van der Waals surface area (Å²) in [6.45, 7) is 8.33. The maximum absolute atomic E-state index is 12.3. The summed E-state index contributed by atoms with van der Waals surface area (Å²) in [5.74, 6) is -0.150. The molecule has 1 saturated heterocycles. The van der Waals surface area contributed by atoms with Crippen LogP contribution < -0.4 is 16.1 Å². The zero-order valence-corrected chi connectivity index (χ0v) is 15.8. The molecule has 0 saturated carbocycles. The second-order valence-corrected chi connectivity index (χ2v) is 7.75. The van der Waals surface area contributed by atoms with Crippen LogP contribution in [0.3, 0.4) is 0 Å². The van der Waals surface area contributed by atoms with Crippen LogP contribution in [0.15, 0.2) is 18.2 Å². The summed E-state index contributed by atoms with van der Waals surface area (Å²) >= 11 is 0. The van der Waals surface area contributed by atoms with Gasteiger partial charge < -0.3 is 24.7 Å². The van der Waals surface area contributed by atoms with Gasteiger partial charge in [-0.25, -0.2) is 4.79 Å². The Labute approximate surface area is 153 Å². The molecule has 26 heavy (non-hydrogen) atoms. The Morgan fingerprint density at radius 2 is 1.96 bits per heavy atom. The summed E-state index contributed by atoms with van der Waals surface area (Å²) < 4.78 is 16.8. The zero-order valence-electron chi connectivity index (χ0n) is 15.8. The third-order valence-electron chi connectivity index (χ3n) is 5.38. The number of hydrogen-bond acceptors (Lipinski definition) is 5. The monoisotopic (exact) mass is 360 g/mol. The first kappa shape index (κ1) is 18.7. The van der Waals surface area contributed by atoms with E-state index in [1.807, 2.05) is 39.8 Å². The molecule has 140 valence electrons. The van der Waals surface area contributed by atoms with Crippen LogP contribution in [0.1, 0.15) is 43.6 Å². The Morgan fingerprint density at radius 3 is 2.58 bits per heavy atom. The van der Waals surface area contributed by atoms with Crippen LogP contribution in [0, 0.1) is 0 Å². The van der Waals surface area contributed by atoms with Crippen molar-refractivity contribution in [2.45, 2.75) is 51.4 Å². The average molecular weight is 360 g/mol. The summed E-state index contributed by atoms with van der Waals surface area (Å²) in [5.41, 5.74) is 1.60. The van der Waals surface area contributed by atoms with E-state index in [1.54, 1.807) is 6.07 Å². The van der Waals surface area contributed by atoms with Crippen LogP contribution in [0.4, 0.5) is 4.79 Å². The molecule has 2 aliphatic rings. The first-order chi connectivity index (χ1) is 12.1. The molecule has 8 heteroatoms. The molecule has 1 unspecified atom stereocenters. The van der Waals surface area contributed by atoms with Gasteiger partial charge >= 0.3 is 13.2 Å². The van der Waals surface area contributed by atoms with E-state index in [-0.39, 0.29) is 11.9 Å². The zero-order chi connectivity index (χ0) is 19.1. The van der Waals surface area contributed by atoms with Crippen molar-refractivity contribution in [2.24, 2.45) is 0 Å². The van der Waals surface area contributed by atoms with E-state index in [4.69, 9.17) is 9.31 Å². The number of methoxy groups -OCH3 is 1. The van der Waals surface area contributed by atoms with Gasteiger partial charge in [-0.05, 0) is 51.2 Å². The molecule has 0 radical (unpaired) electrons. The van der Waals surface area contributed by atoms with Gasteiger partial charge in [0.05, 0.1) is 24.4 Å². The number of amides is 2. The van der Waals surface area contributed by atoms with Crippen molar-refractivity contribution in [1.82, 2.24) is 10.6 Å². The van der Waals surface area contributed by atoms with E-state index in [9.17, 15) is 9.59 Å². The molecule has 1 fully saturated rings. The van der Waals surface area contributed by atoms with Crippen molar-refractivity contribution in [3.63, 3.8) is 0 Å². The summed E-state index contributed by atoms with van der Waals surface area (Å²) in [5, 5.41) is 5.51. The van der Waals surface area contributed by atoms with E-state index in [0.29, 0.717) is 18.5 Å². The maximum atomic E-state index is 12.3. The SMILES string of the molecule is COC(=O)NCC1Cc2cc(B3OC(C)(C)C(C)(C)O3)ccc2C(=O)N1. The van der Waals surface area contributed by atoms with E-state index < -0.39 is 24.4 Å². The van der Waals surface area contributed by atoms with Crippen LogP contribution >= 0.6 is 0 Å². The number of nitrogens with one attached hydrogen (secondary N) is 2. The lowest BCUT2D eigenvalue weighted by atomic mass is 9.76. The van der Waals surface area contributed by atoms with Crippen LogP contribution in [0.2, 0.25) is 0 Å². The molecular weight excluding hydrogens is 335 g/mol. The van der Waals surface area contributed by atoms with Gasteiger partial charge in [-0.1, -0.05) is 12.1 Å². The lowest BCUT2D eigenvalue weighted by molar-refractivity contribution is 0.00578. The van der Waals surface area contributed by atoms with Crippen molar-refractivity contribution in [2.75, 3.05) is 13.7 Å². The number of benzene rings is 1. The largest absolute Gasteiger partial charge is 0.494 e. The van der Waals surface area contributed by atoms with Crippen molar-refractivity contribution < 1.29 is 23.6 Å². The molecule has 2 N–H and O–H groups in total. The van der Waals surface area contributed by atoms with Gasteiger partial charge in [0.2, 0.25) is 0 Å². The number of carbonyl (C=O) groups is 2. The minimum absolute atomic E-state index is 0.150. The summed E-state index contributed by atoms with van der Waals surface area (Å²) in [7, 11) is 0.836. The van der Waals surface area contributed by atoms with Gasteiger partial charge in [0.25, 0.3) is 5.91 Å². The quantitative estimate of drug-likeness (QED) is 0.786. The molecule has 0 aromatic heterocycles. The lowest BCUT2D eigenvalue weighted by Crippen LogP contribution is -2.48. The maximum Gasteiger partial charge on any atom is 0.494 e. The highest BCUT2D eigenvalue weighted by Gasteiger charge is 2.51. The van der Waals surface area contributed by atoms with Crippen molar-refractivity contribution in [1.29, 1.82) is 0 Å². The van der Waals surface area contributed by atoms with Gasteiger partial charge in [0, 0.05) is 12.1 Å². The number of fused-ring (bicyclic) bond motifs is 1. The molecule has 0 spiro atoms. The summed E-state index contributed by atoms with van der Waals surface area (Å²) in [4.78, 5) is 23.6. The number of carbonyl (C=O) groups excluding carboxylic acids is 2. The molecule has 1 atom stereocenters. The lowest BCUT2D eigenvalue weighted by Gasteiger charge is -2.32. The first-order valence-corrected chi connectivity index (χ1v) is 8.74. The van der Waals surface area contributed by atoms with E-state index >= 15 is 0 Å². The molecule has 1 aromatic carbocycles. The van der Waals surface area contributed by atoms with Crippen LogP contribution in [-0.4, -0.2) is 50.0 Å². The molecular formula is C18H25BN2O5. The molecule has 1 aromatic rings. The first-order valence-electron chi connectivity index (χ1n) is 8.74. The summed E-state index contributed by atoms with van der Waals surface area (Å²) in [6, 6.07) is 5.44. The average Bonchev–Trinajstić information content (AvgIpc) is 2.80. The Balaban J connectivity index is 1.78. The Kier molecular flexibility index (Phi) is 4.75. The van der Waals surface area contributed by atoms with Crippen molar-refractivity contribution in [3.05, 3.63) is 29.3 Å². The predicted octanol–water partition coefficient (Wildman–Crippen LogP) is 0.996. The third kappa shape index (κ3) is 3.43. The molecule has 0 bridgehead atoms. The third-order valence-corrected chi connectivity index (χ3v) is 5.38. The molecule has 0 aliphatic carbocycles. The minimum atomic E-state index is -0.518. The van der Waals surface area contributed by atoms with Crippen LogP contribution in [-0.2, 0) is 20.5 Å². The van der Waals surface area contributed by atoms with Gasteiger partial charge in [-0.15, -0.1) is 0 Å². The Bertz CT molecular complexity index is 718. The standard InChI is InChI=1S/C18H25BN2O5/c1-17(2)18(3,4)26-19(25-17)12-6-7-14-11(8-12)9-13(21-15(14)22)10-20-16(23)24-5/h6-8,13H,9-10H2,1-5H3,(H,20,23)(H,21,22). The Hall–Kier alpha value is -2.06. The fraction of sp³-hybridized carbons (Fsp3) is 0.556. The molecule has 3 rings (SSSR count). The molecule has 2 aliphatic heterocycles. The minimum Gasteiger partial charge on any atom is -0.453 e. The Morgan fingerprint density at radius 1 is 1.31 bits per heavy atom. The van der Waals surface area contributed by atoms with E-state index in [2.05, 4.69) is 15.4 Å². The summed E-state index contributed by atoms with van der Waals surface area (Å²) in [6.07, 6.45) is 0.0920. The highest BCUT2D eigenvalue weighted by atomic mass is 16.7. The number of alkyl carbamates (subject to hydrolysis) is 1. The van der Waals surface area contributed by atoms with E-state index in [1.165, 1.54) is 7.11 Å². The predicted molar refractivity (Wildman–Crippen MR) is 97.5 cm³/mol. The second kappa shape index (κ2) is 6.59. The van der Waals surface area contributed by atoms with E-state index in [0.717, 1.165) is 11.0 Å². The van der Waals surface area contributed by atoms with Crippen molar-refractivity contribution in [3.8, 4) is 0 Å². The fourth-order valence-electron chi connectivity index (χ4n) is 3.11. The number of ether oxygens (including phenoxy) is 1. The second-order valence-electron chi connectivity index (χ2n) is 7.75. The molecule has 7 nitrogen and oxygen atoms in total. The van der Waals surface area contributed by atoms with Gasteiger partial charge in [-0.3, -0.25) is 4.79 Å². The highest BCUT2D eigenvalue weighted by Crippen LogP contribution is 2.36. The highest BCUT2D eigenvalue weighted by molar-refractivity contribution is 6.62. The fourth-order valence-corrected chi connectivity index (χ4v) is 3.11.